The third kappa shape index (κ3) is 5.17. The average molecular weight is 317 g/mol. The minimum atomic E-state index is -0.904. The van der Waals surface area contributed by atoms with Crippen molar-refractivity contribution in [2.75, 3.05) is 19.6 Å². The molecule has 4 heteroatoms. The maximum atomic E-state index is 12.7. The van der Waals surface area contributed by atoms with Gasteiger partial charge in [0.2, 0.25) is 0 Å². The van der Waals surface area contributed by atoms with Gasteiger partial charge in [0.15, 0.2) is 5.78 Å². The Morgan fingerprint density at radius 1 is 1.30 bits per heavy atom. The normalized spacial score (nSPS) is 20.2. The predicted octanol–water partition coefficient (Wildman–Crippen LogP) is 3.25. The van der Waals surface area contributed by atoms with Gasteiger partial charge in [-0.3, -0.25) is 9.59 Å². The monoisotopic (exact) mass is 317 g/mol. The molecule has 2 unspecified atom stereocenters. The van der Waals surface area contributed by atoms with Crippen LogP contribution in [0.4, 0.5) is 0 Å². The lowest BCUT2D eigenvalue weighted by Gasteiger charge is -2.33. The van der Waals surface area contributed by atoms with Gasteiger partial charge in [-0.2, -0.15) is 0 Å². The number of carbonyl (C=O) groups is 2. The predicted molar refractivity (Wildman–Crippen MR) is 90.7 cm³/mol. The molecule has 0 aliphatic carbocycles. The Balaban J connectivity index is 2.09. The molecule has 1 heterocycles. The van der Waals surface area contributed by atoms with Crippen LogP contribution in [0.1, 0.15) is 49.0 Å². The number of aliphatic carboxylic acids is 1. The Bertz CT molecular complexity index is 538. The van der Waals surface area contributed by atoms with Gasteiger partial charge in [-0.15, -0.1) is 0 Å². The van der Waals surface area contributed by atoms with Crippen molar-refractivity contribution in [1.82, 2.24) is 4.90 Å². The van der Waals surface area contributed by atoms with Crippen molar-refractivity contribution in [1.29, 1.82) is 0 Å². The van der Waals surface area contributed by atoms with Gasteiger partial charge in [0.1, 0.15) is 0 Å². The van der Waals surface area contributed by atoms with E-state index in [0.29, 0.717) is 18.0 Å². The number of piperidine rings is 1. The van der Waals surface area contributed by atoms with Crippen molar-refractivity contribution in [2.24, 2.45) is 11.8 Å². The maximum absolute atomic E-state index is 12.7. The number of hydrogen-bond donors (Lipinski definition) is 1. The van der Waals surface area contributed by atoms with Crippen molar-refractivity contribution in [2.45, 2.75) is 39.5 Å². The summed E-state index contributed by atoms with van der Waals surface area (Å²) in [6, 6.07) is 7.56. The summed E-state index contributed by atoms with van der Waals surface area (Å²) in [6.07, 6.45) is 3.17. The van der Waals surface area contributed by atoms with Crippen LogP contribution < -0.4 is 0 Å². The number of carbonyl (C=O) groups excluding carboxylic acids is 1. The molecule has 126 valence electrons. The van der Waals surface area contributed by atoms with E-state index in [-0.39, 0.29) is 12.2 Å². The van der Waals surface area contributed by atoms with Crippen LogP contribution in [0, 0.1) is 11.8 Å². The highest BCUT2D eigenvalue weighted by Gasteiger charge is 2.27. The summed E-state index contributed by atoms with van der Waals surface area (Å²) in [4.78, 5) is 26.2. The fraction of sp³-hybridized carbons (Fsp3) is 0.579. The van der Waals surface area contributed by atoms with Gasteiger partial charge in [-0.25, -0.2) is 0 Å². The minimum absolute atomic E-state index is 0.0479. The van der Waals surface area contributed by atoms with E-state index in [0.717, 1.165) is 25.9 Å². The third-order valence-corrected chi connectivity index (χ3v) is 4.66. The van der Waals surface area contributed by atoms with Crippen molar-refractivity contribution < 1.29 is 14.7 Å². The summed E-state index contributed by atoms with van der Waals surface area (Å²) < 4.78 is 0. The van der Waals surface area contributed by atoms with Crippen LogP contribution in [0.2, 0.25) is 0 Å². The van der Waals surface area contributed by atoms with E-state index >= 15 is 0 Å². The van der Waals surface area contributed by atoms with Crippen LogP contribution in [-0.2, 0) is 11.2 Å². The summed E-state index contributed by atoms with van der Waals surface area (Å²) in [5.41, 5.74) is 1.81. The van der Waals surface area contributed by atoms with Crippen molar-refractivity contribution in [3.05, 3.63) is 35.4 Å². The molecule has 0 radical (unpaired) electrons. The highest BCUT2D eigenvalue weighted by Crippen LogP contribution is 2.20. The number of nitrogens with zero attached hydrogens (tertiary/aromatic N) is 1. The maximum Gasteiger partial charge on any atom is 0.304 e. The van der Waals surface area contributed by atoms with Crippen LogP contribution in [0.3, 0.4) is 0 Å². The van der Waals surface area contributed by atoms with Gasteiger partial charge in [0, 0.05) is 24.6 Å². The molecule has 0 saturated carbocycles. The summed E-state index contributed by atoms with van der Waals surface area (Å²) in [5.74, 6) is -0.801. The lowest BCUT2D eigenvalue weighted by Crippen LogP contribution is -2.40. The number of ketones is 1. The fourth-order valence-electron chi connectivity index (χ4n) is 3.36. The first-order valence-electron chi connectivity index (χ1n) is 8.57. The standard InChI is InChI=1S/C19H27NO3/c1-3-15-6-8-16(9-7-15)19(23)17(11-18(21)22)13-20-10-4-5-14(2)12-20/h6-9,14,17H,3-5,10-13H2,1-2H3,(H,21,22). The number of likely N-dealkylation sites (tertiary alicyclic amines) is 1. The van der Waals surface area contributed by atoms with E-state index in [2.05, 4.69) is 18.7 Å². The Labute approximate surface area is 138 Å². The second kappa shape index (κ2) is 8.25. The van der Waals surface area contributed by atoms with E-state index in [4.69, 9.17) is 0 Å². The molecule has 0 aromatic heterocycles. The summed E-state index contributed by atoms with van der Waals surface area (Å²) in [5, 5.41) is 9.17. The first-order chi connectivity index (χ1) is 11.0. The lowest BCUT2D eigenvalue weighted by molar-refractivity contribution is -0.137. The number of hydrogen-bond acceptors (Lipinski definition) is 3. The number of carboxylic acid groups (broad SMARTS) is 1. The molecule has 23 heavy (non-hydrogen) atoms. The van der Waals surface area contributed by atoms with Gasteiger partial charge < -0.3 is 10.0 Å². The van der Waals surface area contributed by atoms with Crippen molar-refractivity contribution in [3.8, 4) is 0 Å². The van der Waals surface area contributed by atoms with E-state index in [1.54, 1.807) is 0 Å². The van der Waals surface area contributed by atoms with Gasteiger partial charge in [-0.05, 0) is 37.3 Å². The Hall–Kier alpha value is -1.68. The van der Waals surface area contributed by atoms with Gasteiger partial charge in [-0.1, -0.05) is 38.1 Å². The molecule has 1 saturated heterocycles. The molecule has 1 aromatic carbocycles. The number of benzene rings is 1. The van der Waals surface area contributed by atoms with Crippen LogP contribution >= 0.6 is 0 Å². The van der Waals surface area contributed by atoms with E-state index < -0.39 is 11.9 Å². The number of Topliss-reactive ketones (excluding diaryl/α,β-unsaturated/α-hetero) is 1. The number of aryl methyl sites for hydroxylation is 1. The first-order valence-corrected chi connectivity index (χ1v) is 8.57. The summed E-state index contributed by atoms with van der Waals surface area (Å²) in [6.45, 7) is 6.75. The third-order valence-electron chi connectivity index (χ3n) is 4.66. The van der Waals surface area contributed by atoms with E-state index in [1.807, 2.05) is 24.3 Å². The Morgan fingerprint density at radius 2 is 2.00 bits per heavy atom. The number of carboxylic acids is 1. The molecular weight excluding hydrogens is 290 g/mol. The second-order valence-electron chi connectivity index (χ2n) is 6.72. The highest BCUT2D eigenvalue weighted by atomic mass is 16.4. The summed E-state index contributed by atoms with van der Waals surface area (Å²) >= 11 is 0. The van der Waals surface area contributed by atoms with Crippen LogP contribution in [-0.4, -0.2) is 41.4 Å². The molecule has 1 aromatic rings. The molecule has 1 aliphatic heterocycles. The zero-order valence-corrected chi connectivity index (χ0v) is 14.1. The molecule has 1 N–H and O–H groups in total. The lowest BCUT2D eigenvalue weighted by atomic mass is 9.91. The topological polar surface area (TPSA) is 57.6 Å². The molecule has 1 fully saturated rings. The molecular formula is C19H27NO3. The van der Waals surface area contributed by atoms with E-state index in [1.165, 1.54) is 12.0 Å². The van der Waals surface area contributed by atoms with Crippen LogP contribution in [0.15, 0.2) is 24.3 Å². The quantitative estimate of drug-likeness (QED) is 0.784. The van der Waals surface area contributed by atoms with Gasteiger partial charge in [0.25, 0.3) is 0 Å². The molecule has 2 rings (SSSR count). The van der Waals surface area contributed by atoms with Crippen molar-refractivity contribution >= 4 is 11.8 Å². The number of rotatable bonds is 7. The smallest absolute Gasteiger partial charge is 0.304 e. The highest BCUT2D eigenvalue weighted by molar-refractivity contribution is 5.99. The molecule has 1 aliphatic rings. The van der Waals surface area contributed by atoms with Gasteiger partial charge in [0.05, 0.1) is 6.42 Å². The molecule has 0 bridgehead atoms. The first kappa shape index (κ1) is 17.7. The van der Waals surface area contributed by atoms with E-state index in [9.17, 15) is 14.7 Å². The molecule has 4 nitrogen and oxygen atoms in total. The molecule has 0 amide bonds. The Kier molecular flexibility index (Phi) is 6.34. The fourth-order valence-corrected chi connectivity index (χ4v) is 3.36. The van der Waals surface area contributed by atoms with Crippen LogP contribution in [0.25, 0.3) is 0 Å². The SMILES string of the molecule is CCc1ccc(C(=O)C(CC(=O)O)CN2CCCC(C)C2)cc1. The Morgan fingerprint density at radius 3 is 2.57 bits per heavy atom. The molecule has 0 spiro atoms. The summed E-state index contributed by atoms with van der Waals surface area (Å²) in [7, 11) is 0. The average Bonchev–Trinajstić information content (AvgIpc) is 2.53. The largest absolute Gasteiger partial charge is 0.481 e. The molecule has 2 atom stereocenters. The second-order valence-corrected chi connectivity index (χ2v) is 6.72. The van der Waals surface area contributed by atoms with Gasteiger partial charge >= 0.3 is 5.97 Å². The van der Waals surface area contributed by atoms with Crippen molar-refractivity contribution in [3.63, 3.8) is 0 Å². The minimum Gasteiger partial charge on any atom is -0.481 e. The zero-order valence-electron chi connectivity index (χ0n) is 14.1. The van der Waals surface area contributed by atoms with Crippen LogP contribution in [0.5, 0.6) is 0 Å². The zero-order chi connectivity index (χ0) is 16.8.